The summed E-state index contributed by atoms with van der Waals surface area (Å²) < 4.78 is 0. The average Bonchev–Trinajstić information content (AvgIpc) is 3.06. The fourth-order valence-corrected chi connectivity index (χ4v) is 3.19. The summed E-state index contributed by atoms with van der Waals surface area (Å²) in [4.78, 5) is 9.05. The maximum atomic E-state index is 4.39. The number of halogens is 1. The molecule has 0 aliphatic heterocycles. The van der Waals surface area contributed by atoms with Gasteiger partial charge in [0.05, 0.1) is 0 Å². The van der Waals surface area contributed by atoms with Crippen molar-refractivity contribution in [2.24, 2.45) is 4.99 Å². The van der Waals surface area contributed by atoms with Crippen LogP contribution in [0.4, 0.5) is 0 Å². The van der Waals surface area contributed by atoms with Crippen LogP contribution in [0.1, 0.15) is 31.2 Å². The van der Waals surface area contributed by atoms with Gasteiger partial charge in [0, 0.05) is 39.8 Å². The van der Waals surface area contributed by atoms with E-state index < -0.39 is 0 Å². The monoisotopic (exact) mass is 430 g/mol. The molecule has 0 aromatic heterocycles. The Morgan fingerprint density at radius 1 is 1.17 bits per heavy atom. The number of hydrogen-bond acceptors (Lipinski definition) is 2. The molecule has 1 aliphatic rings. The molecule has 1 aromatic carbocycles. The van der Waals surface area contributed by atoms with Crippen molar-refractivity contribution < 1.29 is 0 Å². The highest BCUT2D eigenvalue weighted by Crippen LogP contribution is 2.21. The molecule has 23 heavy (non-hydrogen) atoms. The van der Waals surface area contributed by atoms with E-state index in [2.05, 4.69) is 64.5 Å². The van der Waals surface area contributed by atoms with Crippen LogP contribution < -0.4 is 5.32 Å². The third-order valence-electron chi connectivity index (χ3n) is 4.53. The number of benzene rings is 1. The zero-order valence-electron chi connectivity index (χ0n) is 14.7. The van der Waals surface area contributed by atoms with Gasteiger partial charge < -0.3 is 15.1 Å². The number of likely N-dealkylation sites (N-methyl/N-ethyl adjacent to an activating group) is 1. The largest absolute Gasteiger partial charge is 0.355 e. The Balaban J connectivity index is 0.00000264. The summed E-state index contributed by atoms with van der Waals surface area (Å²) in [5, 5.41) is 3.48. The van der Waals surface area contributed by atoms with Crippen molar-refractivity contribution in [3.05, 3.63) is 35.9 Å². The van der Waals surface area contributed by atoms with Crippen molar-refractivity contribution in [3.8, 4) is 0 Å². The van der Waals surface area contributed by atoms with Gasteiger partial charge in [0.2, 0.25) is 0 Å². The summed E-state index contributed by atoms with van der Waals surface area (Å²) in [5.41, 5.74) is 1.30. The standard InChI is InChI=1S/C18H30N4.HI/c1-19-18(22(3)15-16-9-5-4-6-10-16)20-13-14-21(2)17-11-7-8-12-17;/h4-6,9-10,17H,7-8,11-15H2,1-3H3,(H,19,20);1H. The van der Waals surface area contributed by atoms with Gasteiger partial charge in [0.15, 0.2) is 5.96 Å². The van der Waals surface area contributed by atoms with Crippen LogP contribution in [0, 0.1) is 0 Å². The summed E-state index contributed by atoms with van der Waals surface area (Å²) in [6.07, 6.45) is 5.51. The van der Waals surface area contributed by atoms with Crippen molar-refractivity contribution in [1.29, 1.82) is 0 Å². The second kappa shape index (κ2) is 10.9. The lowest BCUT2D eigenvalue weighted by Gasteiger charge is -2.26. The van der Waals surface area contributed by atoms with Gasteiger partial charge in [0.1, 0.15) is 0 Å². The Kier molecular flexibility index (Phi) is 9.55. The molecule has 2 rings (SSSR count). The van der Waals surface area contributed by atoms with Crippen LogP contribution in [0.3, 0.4) is 0 Å². The number of hydrogen-bond donors (Lipinski definition) is 1. The molecule has 5 heteroatoms. The Bertz CT molecular complexity index is 457. The van der Waals surface area contributed by atoms with E-state index in [1.165, 1.54) is 31.2 Å². The molecule has 0 unspecified atom stereocenters. The summed E-state index contributed by atoms with van der Waals surface area (Å²) in [5.74, 6) is 0.962. The van der Waals surface area contributed by atoms with E-state index in [0.29, 0.717) is 0 Å². The molecule has 1 saturated carbocycles. The lowest BCUT2D eigenvalue weighted by molar-refractivity contribution is 0.248. The summed E-state index contributed by atoms with van der Waals surface area (Å²) in [6.45, 7) is 2.89. The highest BCUT2D eigenvalue weighted by molar-refractivity contribution is 14.0. The molecule has 1 aromatic rings. The molecule has 1 aliphatic carbocycles. The molecule has 0 bridgehead atoms. The fourth-order valence-electron chi connectivity index (χ4n) is 3.19. The predicted octanol–water partition coefficient (Wildman–Crippen LogP) is 3.19. The summed E-state index contributed by atoms with van der Waals surface area (Å²) >= 11 is 0. The van der Waals surface area contributed by atoms with Crippen LogP contribution in [0.5, 0.6) is 0 Å². The van der Waals surface area contributed by atoms with Crippen LogP contribution in [0.25, 0.3) is 0 Å². The molecule has 130 valence electrons. The van der Waals surface area contributed by atoms with Crippen LogP contribution >= 0.6 is 24.0 Å². The lowest BCUT2D eigenvalue weighted by Crippen LogP contribution is -2.43. The van der Waals surface area contributed by atoms with Crippen LogP contribution in [-0.4, -0.2) is 56.0 Å². The van der Waals surface area contributed by atoms with Crippen LogP contribution in [0.2, 0.25) is 0 Å². The molecule has 0 saturated heterocycles. The van der Waals surface area contributed by atoms with Crippen molar-refractivity contribution in [2.75, 3.05) is 34.2 Å². The quantitative estimate of drug-likeness (QED) is 0.427. The van der Waals surface area contributed by atoms with Crippen molar-refractivity contribution in [3.63, 3.8) is 0 Å². The number of aliphatic imine (C=N–C) groups is 1. The maximum Gasteiger partial charge on any atom is 0.193 e. The molecular formula is C18H31IN4. The first-order chi connectivity index (χ1) is 10.7. The molecule has 0 amide bonds. The first kappa shape index (κ1) is 20.2. The lowest BCUT2D eigenvalue weighted by atomic mass is 10.2. The van der Waals surface area contributed by atoms with Gasteiger partial charge in [-0.15, -0.1) is 24.0 Å². The van der Waals surface area contributed by atoms with Crippen LogP contribution in [0.15, 0.2) is 35.3 Å². The normalized spacial score (nSPS) is 15.6. The number of rotatable bonds is 6. The zero-order valence-corrected chi connectivity index (χ0v) is 17.0. The van der Waals surface area contributed by atoms with E-state index in [9.17, 15) is 0 Å². The van der Waals surface area contributed by atoms with E-state index in [1.54, 1.807) is 0 Å². The second-order valence-corrected chi connectivity index (χ2v) is 6.23. The van der Waals surface area contributed by atoms with Crippen LogP contribution in [-0.2, 0) is 6.54 Å². The third kappa shape index (κ3) is 6.67. The summed E-state index contributed by atoms with van der Waals surface area (Å²) in [7, 11) is 6.18. The molecule has 0 atom stereocenters. The van der Waals surface area contributed by atoms with Gasteiger partial charge in [-0.3, -0.25) is 4.99 Å². The molecule has 1 fully saturated rings. The minimum Gasteiger partial charge on any atom is -0.355 e. The topological polar surface area (TPSA) is 30.9 Å². The number of nitrogens with zero attached hydrogens (tertiary/aromatic N) is 3. The van der Waals surface area contributed by atoms with Crippen molar-refractivity contribution in [2.45, 2.75) is 38.3 Å². The minimum atomic E-state index is 0. The predicted molar refractivity (Wildman–Crippen MR) is 110 cm³/mol. The average molecular weight is 430 g/mol. The molecule has 0 heterocycles. The highest BCUT2D eigenvalue weighted by Gasteiger charge is 2.19. The van der Waals surface area contributed by atoms with E-state index in [1.807, 2.05) is 7.05 Å². The molecular weight excluding hydrogens is 399 g/mol. The smallest absolute Gasteiger partial charge is 0.193 e. The number of guanidine groups is 1. The van der Waals surface area contributed by atoms with Gasteiger partial charge in [-0.25, -0.2) is 0 Å². The number of nitrogens with one attached hydrogen (secondary N) is 1. The minimum absolute atomic E-state index is 0. The van der Waals surface area contributed by atoms with E-state index >= 15 is 0 Å². The van der Waals surface area contributed by atoms with Crippen molar-refractivity contribution >= 4 is 29.9 Å². The fraction of sp³-hybridized carbons (Fsp3) is 0.611. The van der Waals surface area contributed by atoms with Crippen molar-refractivity contribution in [1.82, 2.24) is 15.1 Å². The molecule has 0 radical (unpaired) electrons. The first-order valence-electron chi connectivity index (χ1n) is 8.36. The molecule has 0 spiro atoms. The maximum absolute atomic E-state index is 4.39. The second-order valence-electron chi connectivity index (χ2n) is 6.23. The highest BCUT2D eigenvalue weighted by atomic mass is 127. The third-order valence-corrected chi connectivity index (χ3v) is 4.53. The Morgan fingerprint density at radius 2 is 1.83 bits per heavy atom. The van der Waals surface area contributed by atoms with Gasteiger partial charge in [0.25, 0.3) is 0 Å². The SMILES string of the molecule is CN=C(NCCN(C)C1CCCC1)N(C)Cc1ccccc1.I. The van der Waals surface area contributed by atoms with E-state index in [0.717, 1.165) is 31.6 Å². The van der Waals surface area contributed by atoms with Gasteiger partial charge in [-0.05, 0) is 25.5 Å². The molecule has 4 nitrogen and oxygen atoms in total. The van der Waals surface area contributed by atoms with E-state index in [4.69, 9.17) is 0 Å². The molecule has 1 N–H and O–H groups in total. The Labute approximate surface area is 158 Å². The Hall–Kier alpha value is -0.820. The first-order valence-corrected chi connectivity index (χ1v) is 8.36. The van der Waals surface area contributed by atoms with Gasteiger partial charge >= 0.3 is 0 Å². The zero-order chi connectivity index (χ0) is 15.8. The Morgan fingerprint density at radius 3 is 2.43 bits per heavy atom. The van der Waals surface area contributed by atoms with Gasteiger partial charge in [-0.2, -0.15) is 0 Å². The van der Waals surface area contributed by atoms with E-state index in [-0.39, 0.29) is 24.0 Å². The summed E-state index contributed by atoms with van der Waals surface area (Å²) in [6, 6.07) is 11.3. The van der Waals surface area contributed by atoms with Gasteiger partial charge in [-0.1, -0.05) is 43.2 Å².